The van der Waals surface area contributed by atoms with Gasteiger partial charge in [-0.15, -0.1) is 0 Å². The van der Waals surface area contributed by atoms with Gasteiger partial charge >= 0.3 is 6.61 Å². The Kier molecular flexibility index (Phi) is 4.70. The van der Waals surface area contributed by atoms with Crippen LogP contribution < -0.4 is 14.2 Å². The molecule has 25 heavy (non-hydrogen) atoms. The van der Waals surface area contributed by atoms with Crippen LogP contribution in [0.15, 0.2) is 48.5 Å². The van der Waals surface area contributed by atoms with Gasteiger partial charge in [0.15, 0.2) is 17.3 Å². The Balaban J connectivity index is 2.12. The first-order valence-electron chi connectivity index (χ1n) is 7.43. The molecule has 0 aromatic heterocycles. The van der Waals surface area contributed by atoms with Crippen molar-refractivity contribution >= 4 is 10.8 Å². The minimum absolute atomic E-state index is 0.260. The SMILES string of the molecule is COc1ccc(-c2ccc3c(F)c(OC)c(OC(F)F)cc3c2)cc1. The van der Waals surface area contributed by atoms with Crippen molar-refractivity contribution in [1.82, 2.24) is 0 Å². The fourth-order valence-corrected chi connectivity index (χ4v) is 2.66. The Labute approximate surface area is 142 Å². The van der Waals surface area contributed by atoms with E-state index in [9.17, 15) is 13.2 Å². The van der Waals surface area contributed by atoms with Crippen LogP contribution in [0.1, 0.15) is 0 Å². The van der Waals surface area contributed by atoms with E-state index in [1.807, 2.05) is 12.1 Å². The summed E-state index contributed by atoms with van der Waals surface area (Å²) >= 11 is 0. The standard InChI is InChI=1S/C19H15F3O3/c1-23-14-6-3-11(4-7-14)12-5-8-15-13(9-12)10-16(25-19(21)22)18(24-2)17(15)20/h3-10,19H,1-2H3. The number of alkyl halides is 2. The van der Waals surface area contributed by atoms with Crippen LogP contribution in [-0.4, -0.2) is 20.8 Å². The van der Waals surface area contributed by atoms with Crippen molar-refractivity contribution in [3.63, 3.8) is 0 Å². The van der Waals surface area contributed by atoms with E-state index in [1.54, 1.807) is 37.4 Å². The first-order valence-corrected chi connectivity index (χ1v) is 7.43. The topological polar surface area (TPSA) is 27.7 Å². The number of fused-ring (bicyclic) bond motifs is 1. The molecule has 0 aliphatic carbocycles. The molecule has 0 spiro atoms. The zero-order valence-electron chi connectivity index (χ0n) is 13.6. The second-order valence-electron chi connectivity index (χ2n) is 5.26. The fourth-order valence-electron chi connectivity index (χ4n) is 2.66. The number of rotatable bonds is 5. The van der Waals surface area contributed by atoms with Gasteiger partial charge in [-0.05, 0) is 40.8 Å². The van der Waals surface area contributed by atoms with Crippen molar-refractivity contribution in [2.75, 3.05) is 14.2 Å². The van der Waals surface area contributed by atoms with Gasteiger partial charge in [-0.2, -0.15) is 8.78 Å². The summed E-state index contributed by atoms with van der Waals surface area (Å²) in [5, 5.41) is 0.693. The summed E-state index contributed by atoms with van der Waals surface area (Å²) < 4.78 is 54.1. The number of methoxy groups -OCH3 is 2. The van der Waals surface area contributed by atoms with Crippen LogP contribution in [0, 0.1) is 5.82 Å². The summed E-state index contributed by atoms with van der Waals surface area (Å²) in [6.45, 7) is -3.07. The molecule has 0 saturated heterocycles. The lowest BCUT2D eigenvalue weighted by atomic mass is 10.0. The second-order valence-corrected chi connectivity index (χ2v) is 5.26. The van der Waals surface area contributed by atoms with Crippen molar-refractivity contribution in [2.45, 2.75) is 6.61 Å². The van der Waals surface area contributed by atoms with Gasteiger partial charge in [-0.3, -0.25) is 0 Å². The highest BCUT2D eigenvalue weighted by atomic mass is 19.3. The van der Waals surface area contributed by atoms with Crippen LogP contribution in [-0.2, 0) is 0 Å². The average molecular weight is 348 g/mol. The zero-order chi connectivity index (χ0) is 18.0. The van der Waals surface area contributed by atoms with E-state index in [1.165, 1.54) is 13.2 Å². The predicted octanol–water partition coefficient (Wildman–Crippen LogP) is 5.26. The molecular weight excluding hydrogens is 333 g/mol. The minimum Gasteiger partial charge on any atom is -0.497 e. The maximum atomic E-state index is 14.5. The molecule has 0 atom stereocenters. The Bertz CT molecular complexity index is 893. The molecule has 0 saturated carbocycles. The largest absolute Gasteiger partial charge is 0.497 e. The Morgan fingerprint density at radius 2 is 1.52 bits per heavy atom. The van der Waals surface area contributed by atoms with Gasteiger partial charge in [-0.25, -0.2) is 4.39 Å². The third-order valence-electron chi connectivity index (χ3n) is 3.84. The van der Waals surface area contributed by atoms with Crippen molar-refractivity contribution in [1.29, 1.82) is 0 Å². The van der Waals surface area contributed by atoms with E-state index < -0.39 is 12.4 Å². The highest BCUT2D eigenvalue weighted by Crippen LogP contribution is 2.38. The number of ether oxygens (including phenoxy) is 3. The van der Waals surface area contributed by atoms with Gasteiger partial charge in [0.2, 0.25) is 0 Å². The summed E-state index contributed by atoms with van der Waals surface area (Å²) in [5.41, 5.74) is 1.69. The van der Waals surface area contributed by atoms with Gasteiger partial charge in [0.25, 0.3) is 0 Å². The number of halogens is 3. The average Bonchev–Trinajstić information content (AvgIpc) is 2.61. The molecule has 0 heterocycles. The molecule has 0 unspecified atom stereocenters. The van der Waals surface area contributed by atoms with Crippen LogP contribution in [0.3, 0.4) is 0 Å². The number of hydrogen-bond donors (Lipinski definition) is 0. The van der Waals surface area contributed by atoms with E-state index in [4.69, 9.17) is 9.47 Å². The smallest absolute Gasteiger partial charge is 0.387 e. The lowest BCUT2D eigenvalue weighted by Crippen LogP contribution is -2.04. The first kappa shape index (κ1) is 17.0. The molecule has 0 aliphatic heterocycles. The third-order valence-corrected chi connectivity index (χ3v) is 3.84. The molecule has 3 rings (SSSR count). The minimum atomic E-state index is -3.07. The molecule has 0 amide bonds. The van der Waals surface area contributed by atoms with Gasteiger partial charge in [0.05, 0.1) is 14.2 Å². The van der Waals surface area contributed by atoms with E-state index in [2.05, 4.69) is 4.74 Å². The van der Waals surface area contributed by atoms with Crippen molar-refractivity contribution < 1.29 is 27.4 Å². The third kappa shape index (κ3) is 3.33. The van der Waals surface area contributed by atoms with Gasteiger partial charge in [-0.1, -0.05) is 24.3 Å². The van der Waals surface area contributed by atoms with E-state index >= 15 is 0 Å². The molecule has 3 aromatic carbocycles. The lowest BCUT2D eigenvalue weighted by Gasteiger charge is -2.13. The summed E-state index contributed by atoms with van der Waals surface area (Å²) in [5.74, 6) is -0.704. The predicted molar refractivity (Wildman–Crippen MR) is 89.1 cm³/mol. The van der Waals surface area contributed by atoms with E-state index in [0.717, 1.165) is 11.1 Å². The van der Waals surface area contributed by atoms with Crippen LogP contribution in [0.5, 0.6) is 17.2 Å². The molecule has 0 N–H and O–H groups in total. The maximum Gasteiger partial charge on any atom is 0.387 e. The van der Waals surface area contributed by atoms with Crippen LogP contribution in [0.4, 0.5) is 13.2 Å². The molecule has 0 fully saturated rings. The van der Waals surface area contributed by atoms with Crippen LogP contribution in [0.2, 0.25) is 0 Å². The molecule has 0 radical (unpaired) electrons. The number of hydrogen-bond acceptors (Lipinski definition) is 3. The number of benzene rings is 3. The maximum absolute atomic E-state index is 14.5. The molecule has 6 heteroatoms. The van der Waals surface area contributed by atoms with Crippen molar-refractivity contribution in [2.24, 2.45) is 0 Å². The molecule has 3 aromatic rings. The Morgan fingerprint density at radius 1 is 0.840 bits per heavy atom. The van der Waals surface area contributed by atoms with Crippen molar-refractivity contribution in [3.05, 3.63) is 54.3 Å². The summed E-state index contributed by atoms with van der Waals surface area (Å²) in [4.78, 5) is 0. The van der Waals surface area contributed by atoms with Gasteiger partial charge < -0.3 is 14.2 Å². The Hall–Kier alpha value is -2.89. The van der Waals surface area contributed by atoms with Gasteiger partial charge in [0, 0.05) is 5.39 Å². The normalized spacial score (nSPS) is 11.0. The highest BCUT2D eigenvalue weighted by molar-refractivity contribution is 5.90. The molecule has 3 nitrogen and oxygen atoms in total. The molecular formula is C19H15F3O3. The summed E-state index contributed by atoms with van der Waals surface area (Å²) in [6.07, 6.45) is 0. The zero-order valence-corrected chi connectivity index (χ0v) is 13.6. The van der Waals surface area contributed by atoms with Gasteiger partial charge in [0.1, 0.15) is 5.75 Å². The van der Waals surface area contributed by atoms with E-state index in [-0.39, 0.29) is 16.9 Å². The Morgan fingerprint density at radius 3 is 2.12 bits per heavy atom. The molecule has 0 bridgehead atoms. The molecule has 130 valence electrons. The quantitative estimate of drug-likeness (QED) is 0.629. The summed E-state index contributed by atoms with van der Waals surface area (Å²) in [6, 6.07) is 13.7. The molecule has 0 aliphatic rings. The monoisotopic (exact) mass is 348 g/mol. The first-order chi connectivity index (χ1) is 12.0. The lowest BCUT2D eigenvalue weighted by molar-refractivity contribution is -0.0513. The summed E-state index contributed by atoms with van der Waals surface area (Å²) in [7, 11) is 2.78. The highest BCUT2D eigenvalue weighted by Gasteiger charge is 2.18. The van der Waals surface area contributed by atoms with Crippen LogP contribution in [0.25, 0.3) is 21.9 Å². The second kappa shape index (κ2) is 6.93. The van der Waals surface area contributed by atoms with Crippen LogP contribution >= 0.6 is 0 Å². The fraction of sp³-hybridized carbons (Fsp3) is 0.158. The van der Waals surface area contributed by atoms with Crippen molar-refractivity contribution in [3.8, 4) is 28.4 Å². The van der Waals surface area contributed by atoms with E-state index in [0.29, 0.717) is 11.1 Å².